The van der Waals surface area contributed by atoms with Crippen LogP contribution < -0.4 is 21.3 Å². The maximum atomic E-state index is 12.8. The van der Waals surface area contributed by atoms with Gasteiger partial charge in [0.2, 0.25) is 40.8 Å². The molecule has 0 spiro atoms. The number of amides is 4. The van der Waals surface area contributed by atoms with E-state index in [1.807, 2.05) is 30.3 Å². The monoisotopic (exact) mass is 1400 g/mol. The van der Waals surface area contributed by atoms with E-state index in [1.165, 1.54) is 9.80 Å². The van der Waals surface area contributed by atoms with Crippen molar-refractivity contribution in [1.82, 2.24) is 31.1 Å². The number of hydrogen-bond acceptors (Lipinski definition) is 26. The lowest BCUT2D eigenvalue weighted by molar-refractivity contribution is -0.167. The highest BCUT2D eigenvalue weighted by Gasteiger charge is 2.20. The summed E-state index contributed by atoms with van der Waals surface area (Å²) in [5, 5.41) is 11.1. The number of benzene rings is 6. The van der Waals surface area contributed by atoms with Crippen molar-refractivity contribution in [2.75, 3.05) is 106 Å². The molecular weight excluding hydrogens is 1320 g/mol. The molecule has 30 heteroatoms. The smallest absolute Gasteiger partial charge is 0.412 e. The van der Waals surface area contributed by atoms with Crippen LogP contribution in [0, 0.1) is 0 Å². The lowest BCUT2D eigenvalue weighted by Gasteiger charge is -2.22. The summed E-state index contributed by atoms with van der Waals surface area (Å²) in [5.74, 6) is -4.69. The predicted molar refractivity (Wildman–Crippen MR) is 355 cm³/mol. The highest BCUT2D eigenvalue weighted by Crippen LogP contribution is 2.08. The molecule has 0 atom stereocenters. The Labute approximate surface area is 582 Å². The Morgan fingerprint density at radius 1 is 0.267 bits per heavy atom. The van der Waals surface area contributed by atoms with Crippen LogP contribution in [0.4, 0.5) is 19.2 Å². The van der Waals surface area contributed by atoms with Crippen molar-refractivity contribution in [3.05, 3.63) is 215 Å². The van der Waals surface area contributed by atoms with Gasteiger partial charge in [-0.15, -0.1) is 0 Å². The fourth-order valence-electron chi connectivity index (χ4n) is 8.28. The van der Waals surface area contributed by atoms with E-state index in [-0.39, 0.29) is 90.0 Å². The molecule has 4 amide bonds. The highest BCUT2D eigenvalue weighted by molar-refractivity contribution is 5.90. The molecule has 6 aromatic rings. The number of hydrogen-bond donors (Lipinski definition) is 4. The van der Waals surface area contributed by atoms with Crippen molar-refractivity contribution in [2.24, 2.45) is 0 Å². The van der Waals surface area contributed by atoms with Crippen LogP contribution in [-0.2, 0) is 100 Å². The molecule has 0 unspecified atom stereocenters. The maximum Gasteiger partial charge on any atom is 0.412 e. The number of alkyl carbamates (subject to hydrolysis) is 2. The SMILES string of the molecule is O=C(CCCNCCN(CCNC(=O)OCOC(=O)Cc1ccccc1)C(=O)OCOC(=O)Cc1ccccc1)OCOC(=O)Cc1ccccc1.O=C(CCCNCCN(CCNC(=O)OCOC(=O)c1ccccc1)C(=O)OCOC(=O)c1ccccc1)OCOC(=O)c1ccccc1. The molecule has 0 aliphatic carbocycles. The Bertz CT molecular complexity index is 3490. The molecule has 0 saturated carbocycles. The first kappa shape index (κ1) is 79.8. The topological polar surface area (TPSA) is 370 Å². The molecule has 0 aliphatic rings. The van der Waals surface area contributed by atoms with Crippen LogP contribution in [0.25, 0.3) is 0 Å². The van der Waals surface area contributed by atoms with Gasteiger partial charge in [0.15, 0.2) is 0 Å². The van der Waals surface area contributed by atoms with Crippen LogP contribution in [-0.4, -0.2) is 188 Å². The second kappa shape index (κ2) is 48.7. The van der Waals surface area contributed by atoms with Gasteiger partial charge in [0.05, 0.1) is 36.0 Å². The van der Waals surface area contributed by atoms with Gasteiger partial charge >= 0.3 is 72.1 Å². The average Bonchev–Trinajstić information content (AvgIpc) is 2.15. The van der Waals surface area contributed by atoms with Crippen LogP contribution in [0.3, 0.4) is 0 Å². The minimum Gasteiger partial charge on any atom is -0.428 e. The molecule has 4 N–H and O–H groups in total. The molecule has 0 bridgehead atoms. The van der Waals surface area contributed by atoms with Gasteiger partial charge < -0.3 is 87.9 Å². The van der Waals surface area contributed by atoms with Gasteiger partial charge in [0.1, 0.15) is 0 Å². The van der Waals surface area contributed by atoms with E-state index >= 15 is 0 Å². The molecule has 0 aliphatic heterocycles. The largest absolute Gasteiger partial charge is 0.428 e. The number of esters is 8. The van der Waals surface area contributed by atoms with Gasteiger partial charge in [-0.2, -0.15) is 0 Å². The van der Waals surface area contributed by atoms with Crippen LogP contribution in [0.1, 0.15) is 73.4 Å². The van der Waals surface area contributed by atoms with Crippen molar-refractivity contribution in [3.8, 4) is 0 Å². The standard InChI is InChI=1S/C37H43N3O12.C34H37N3O12/c41-32(47-26-48-33(42)23-29-11-4-1-5-12-29)17-10-18-38-19-21-40(37(46)52-28-50-35(44)25-31-15-8-3-9-16-31)22-20-39-36(45)51-27-49-34(43)24-30-13-6-2-7-14-30;38-29(44-23-45-30(39)26-11-4-1-5-12-26)17-10-18-35-19-21-37(34(43)49-25-47-32(41)28-15-8-3-9-16-28)22-20-36-33(42)48-24-46-31(40)27-13-6-2-7-14-27/h1-9,11-16,38H,10,17-28H2,(H,39,45);1-9,11-16,35H,10,17-25H2,(H,36,42). The molecule has 30 nitrogen and oxygen atoms in total. The minimum atomic E-state index is -0.884. The third-order valence-corrected chi connectivity index (χ3v) is 13.4. The fourth-order valence-corrected chi connectivity index (χ4v) is 8.28. The number of ether oxygens (including phenoxy) is 12. The summed E-state index contributed by atoms with van der Waals surface area (Å²) in [5.41, 5.74) is 3.20. The van der Waals surface area contributed by atoms with E-state index in [1.54, 1.807) is 152 Å². The summed E-state index contributed by atoms with van der Waals surface area (Å²) in [6.07, 6.45) is -2.35. The Morgan fingerprint density at radius 2 is 0.525 bits per heavy atom. The van der Waals surface area contributed by atoms with Crippen LogP contribution in [0.2, 0.25) is 0 Å². The number of carbonyl (C=O) groups is 12. The van der Waals surface area contributed by atoms with Crippen LogP contribution in [0.5, 0.6) is 0 Å². The van der Waals surface area contributed by atoms with Crippen molar-refractivity contribution < 1.29 is 114 Å². The lowest BCUT2D eigenvalue weighted by Crippen LogP contribution is -2.42. The number of nitrogens with one attached hydrogen (secondary N) is 4. The van der Waals surface area contributed by atoms with E-state index in [9.17, 15) is 57.5 Å². The van der Waals surface area contributed by atoms with E-state index in [0.29, 0.717) is 37.1 Å². The zero-order valence-electron chi connectivity index (χ0n) is 55.3. The quantitative estimate of drug-likeness (QED) is 0.0133. The third kappa shape index (κ3) is 36.3. The summed E-state index contributed by atoms with van der Waals surface area (Å²) in [6.45, 7) is -1.92. The van der Waals surface area contributed by atoms with Crippen molar-refractivity contribution in [3.63, 3.8) is 0 Å². The zero-order chi connectivity index (χ0) is 72.3. The Morgan fingerprint density at radius 3 is 0.861 bits per heavy atom. The second-order valence-corrected chi connectivity index (χ2v) is 20.9. The van der Waals surface area contributed by atoms with Gasteiger partial charge in [-0.1, -0.05) is 146 Å². The highest BCUT2D eigenvalue weighted by atomic mass is 16.7. The molecule has 0 saturated heterocycles. The van der Waals surface area contributed by atoms with E-state index in [2.05, 4.69) is 21.3 Å². The third-order valence-electron chi connectivity index (χ3n) is 13.4. The Balaban J connectivity index is 0.000000364. The summed E-state index contributed by atoms with van der Waals surface area (Å²) in [6, 6.07) is 51.5. The first-order valence-electron chi connectivity index (χ1n) is 31.7. The maximum absolute atomic E-state index is 12.8. The molecule has 101 heavy (non-hydrogen) atoms. The molecule has 6 rings (SSSR count). The molecule has 0 fully saturated rings. The second-order valence-electron chi connectivity index (χ2n) is 20.9. The summed E-state index contributed by atoms with van der Waals surface area (Å²) in [4.78, 5) is 148. The normalized spacial score (nSPS) is 10.3. The van der Waals surface area contributed by atoms with Gasteiger partial charge in [0, 0.05) is 65.2 Å². The first-order valence-corrected chi connectivity index (χ1v) is 31.7. The van der Waals surface area contributed by atoms with Gasteiger partial charge in [-0.05, 0) is 79.0 Å². The number of carbonyl (C=O) groups excluding carboxylic acids is 12. The molecule has 538 valence electrons. The molecule has 0 aromatic heterocycles. The minimum absolute atomic E-state index is 0.00329. The zero-order valence-corrected chi connectivity index (χ0v) is 55.3. The summed E-state index contributed by atoms with van der Waals surface area (Å²) < 4.78 is 59.6. The number of rotatable bonds is 41. The van der Waals surface area contributed by atoms with E-state index < -0.39 is 113 Å². The fraction of sp³-hybridized carbons (Fsp3) is 0.324. The van der Waals surface area contributed by atoms with Gasteiger partial charge in [0.25, 0.3) is 0 Å². The van der Waals surface area contributed by atoms with E-state index in [0.717, 1.165) is 16.7 Å². The summed E-state index contributed by atoms with van der Waals surface area (Å²) >= 11 is 0. The van der Waals surface area contributed by atoms with Crippen molar-refractivity contribution >= 4 is 72.1 Å². The van der Waals surface area contributed by atoms with Gasteiger partial charge in [-0.25, -0.2) is 33.6 Å². The first-order chi connectivity index (χ1) is 49.1. The van der Waals surface area contributed by atoms with Crippen molar-refractivity contribution in [2.45, 2.75) is 44.9 Å². The van der Waals surface area contributed by atoms with Crippen LogP contribution >= 0.6 is 0 Å². The Hall–Kier alpha value is -11.9. The molecule has 0 heterocycles. The molecule has 0 radical (unpaired) electrons. The molecule has 6 aromatic carbocycles. The summed E-state index contributed by atoms with van der Waals surface area (Å²) in [7, 11) is 0. The van der Waals surface area contributed by atoms with Gasteiger partial charge in [-0.3, -0.25) is 24.0 Å². The van der Waals surface area contributed by atoms with E-state index in [4.69, 9.17) is 56.8 Å². The lowest BCUT2D eigenvalue weighted by atomic mass is 10.2. The van der Waals surface area contributed by atoms with Crippen molar-refractivity contribution in [1.29, 1.82) is 0 Å². The Kier molecular flexibility index (Phi) is 38.5. The predicted octanol–water partition coefficient (Wildman–Crippen LogP) is 6.80. The molecular formula is C71H80N6O24. The average molecular weight is 1400 g/mol. The van der Waals surface area contributed by atoms with Crippen LogP contribution in [0.15, 0.2) is 182 Å². The number of nitrogens with zero attached hydrogens (tertiary/aromatic N) is 2.